The van der Waals surface area contributed by atoms with Crippen molar-refractivity contribution in [2.75, 3.05) is 0 Å². The number of benzene rings is 1. The Balaban J connectivity index is 2.58. The summed E-state index contributed by atoms with van der Waals surface area (Å²) in [5.74, 6) is -0.486. The molecule has 0 aliphatic carbocycles. The standard InChI is InChI=1S/C12H8BrClFN/c13-6-9-7-16-12(15)5-11(9)8-2-1-3-10(14)4-8/h1-5,7H,6H2. The molecular formula is C12H8BrClFN. The highest BCUT2D eigenvalue weighted by atomic mass is 79.9. The summed E-state index contributed by atoms with van der Waals surface area (Å²) in [5.41, 5.74) is 2.64. The summed E-state index contributed by atoms with van der Waals surface area (Å²) in [7, 11) is 0. The summed E-state index contributed by atoms with van der Waals surface area (Å²) >= 11 is 9.26. The van der Waals surface area contributed by atoms with Gasteiger partial charge in [0.25, 0.3) is 0 Å². The van der Waals surface area contributed by atoms with Crippen LogP contribution in [0.25, 0.3) is 11.1 Å². The van der Waals surface area contributed by atoms with E-state index in [1.165, 1.54) is 12.3 Å². The highest BCUT2D eigenvalue weighted by molar-refractivity contribution is 9.08. The average Bonchev–Trinajstić information content (AvgIpc) is 2.29. The zero-order chi connectivity index (χ0) is 11.5. The molecule has 1 nitrogen and oxygen atoms in total. The molecule has 0 amide bonds. The molecule has 16 heavy (non-hydrogen) atoms. The molecule has 0 aliphatic rings. The minimum absolute atomic E-state index is 0.486. The lowest BCUT2D eigenvalue weighted by atomic mass is 10.0. The predicted molar refractivity (Wildman–Crippen MR) is 67.3 cm³/mol. The molecule has 0 unspecified atom stereocenters. The largest absolute Gasteiger partial charge is 0.228 e. The van der Waals surface area contributed by atoms with E-state index in [2.05, 4.69) is 20.9 Å². The number of rotatable bonds is 2. The fourth-order valence-electron chi connectivity index (χ4n) is 1.49. The van der Waals surface area contributed by atoms with Gasteiger partial charge in [-0.25, -0.2) is 4.98 Å². The van der Waals surface area contributed by atoms with Crippen LogP contribution >= 0.6 is 27.5 Å². The van der Waals surface area contributed by atoms with Gasteiger partial charge in [0.1, 0.15) is 0 Å². The van der Waals surface area contributed by atoms with Crippen LogP contribution in [0.15, 0.2) is 36.5 Å². The van der Waals surface area contributed by atoms with Crippen LogP contribution in [-0.2, 0) is 5.33 Å². The van der Waals surface area contributed by atoms with Crippen LogP contribution in [0.5, 0.6) is 0 Å². The van der Waals surface area contributed by atoms with Crippen LogP contribution in [0.3, 0.4) is 0 Å². The van der Waals surface area contributed by atoms with Crippen molar-refractivity contribution in [2.24, 2.45) is 0 Å². The lowest BCUT2D eigenvalue weighted by Gasteiger charge is -2.07. The Morgan fingerprint density at radius 1 is 1.31 bits per heavy atom. The molecular weight excluding hydrogens is 292 g/mol. The summed E-state index contributed by atoms with van der Waals surface area (Å²) in [6, 6.07) is 8.75. The number of alkyl halides is 1. The lowest BCUT2D eigenvalue weighted by Crippen LogP contribution is -1.91. The van der Waals surface area contributed by atoms with Gasteiger partial charge in [0.2, 0.25) is 5.95 Å². The van der Waals surface area contributed by atoms with E-state index in [4.69, 9.17) is 11.6 Å². The van der Waals surface area contributed by atoms with Crippen LogP contribution in [0.4, 0.5) is 4.39 Å². The van der Waals surface area contributed by atoms with E-state index in [0.717, 1.165) is 16.7 Å². The molecule has 0 radical (unpaired) electrons. The van der Waals surface area contributed by atoms with Gasteiger partial charge in [0, 0.05) is 22.6 Å². The van der Waals surface area contributed by atoms with Gasteiger partial charge < -0.3 is 0 Å². The number of nitrogens with zero attached hydrogens (tertiary/aromatic N) is 1. The first kappa shape index (κ1) is 11.6. The Morgan fingerprint density at radius 3 is 2.81 bits per heavy atom. The zero-order valence-electron chi connectivity index (χ0n) is 8.25. The third-order valence-corrected chi connectivity index (χ3v) is 3.07. The van der Waals surface area contributed by atoms with E-state index in [1.807, 2.05) is 18.2 Å². The number of hydrogen-bond acceptors (Lipinski definition) is 1. The molecule has 0 fully saturated rings. The maximum absolute atomic E-state index is 13.1. The molecule has 2 rings (SSSR count). The Bertz CT molecular complexity index is 516. The second-order valence-electron chi connectivity index (χ2n) is 3.31. The monoisotopic (exact) mass is 299 g/mol. The number of halogens is 3. The molecule has 0 bridgehead atoms. The van der Waals surface area contributed by atoms with Crippen molar-refractivity contribution in [3.8, 4) is 11.1 Å². The highest BCUT2D eigenvalue weighted by Gasteiger charge is 2.07. The molecule has 82 valence electrons. The fourth-order valence-corrected chi connectivity index (χ4v) is 2.13. The third-order valence-electron chi connectivity index (χ3n) is 2.23. The van der Waals surface area contributed by atoms with Crippen molar-refractivity contribution in [1.29, 1.82) is 0 Å². The fraction of sp³-hybridized carbons (Fsp3) is 0.0833. The summed E-state index contributed by atoms with van der Waals surface area (Å²) in [6.07, 6.45) is 1.53. The van der Waals surface area contributed by atoms with Crippen molar-refractivity contribution in [3.05, 3.63) is 53.1 Å². The first-order valence-corrected chi connectivity index (χ1v) is 6.17. The third kappa shape index (κ3) is 2.42. The first-order chi connectivity index (χ1) is 7.70. The van der Waals surface area contributed by atoms with Crippen LogP contribution < -0.4 is 0 Å². The smallest absolute Gasteiger partial charge is 0.213 e. The van der Waals surface area contributed by atoms with Gasteiger partial charge in [-0.1, -0.05) is 39.7 Å². The first-order valence-electron chi connectivity index (χ1n) is 4.67. The quantitative estimate of drug-likeness (QED) is 0.590. The van der Waals surface area contributed by atoms with Crippen molar-refractivity contribution in [2.45, 2.75) is 5.33 Å². The Kier molecular flexibility index (Phi) is 3.56. The number of aromatic nitrogens is 1. The van der Waals surface area contributed by atoms with E-state index in [-0.39, 0.29) is 0 Å². The molecule has 1 heterocycles. The van der Waals surface area contributed by atoms with E-state index < -0.39 is 5.95 Å². The summed E-state index contributed by atoms with van der Waals surface area (Å²) in [4.78, 5) is 3.63. The van der Waals surface area contributed by atoms with Crippen LogP contribution in [0, 0.1) is 5.95 Å². The summed E-state index contributed by atoms with van der Waals surface area (Å²) in [6.45, 7) is 0. The van der Waals surface area contributed by atoms with Crippen LogP contribution in [-0.4, -0.2) is 4.98 Å². The SMILES string of the molecule is Fc1cc(-c2cccc(Cl)c2)c(CBr)cn1. The van der Waals surface area contributed by atoms with Crippen molar-refractivity contribution < 1.29 is 4.39 Å². The van der Waals surface area contributed by atoms with Crippen molar-refractivity contribution in [1.82, 2.24) is 4.98 Å². The molecule has 1 aromatic heterocycles. The maximum atomic E-state index is 13.1. The highest BCUT2D eigenvalue weighted by Crippen LogP contribution is 2.27. The van der Waals surface area contributed by atoms with Gasteiger partial charge in [-0.15, -0.1) is 0 Å². The van der Waals surface area contributed by atoms with E-state index in [9.17, 15) is 4.39 Å². The van der Waals surface area contributed by atoms with Gasteiger partial charge in [-0.05, 0) is 28.8 Å². The van der Waals surface area contributed by atoms with Crippen LogP contribution in [0.2, 0.25) is 5.02 Å². The normalized spacial score (nSPS) is 10.4. The predicted octanol–water partition coefficient (Wildman–Crippen LogP) is 4.44. The average molecular weight is 301 g/mol. The van der Waals surface area contributed by atoms with Gasteiger partial charge in [0.05, 0.1) is 0 Å². The van der Waals surface area contributed by atoms with E-state index in [0.29, 0.717) is 10.4 Å². The topological polar surface area (TPSA) is 12.9 Å². The second-order valence-corrected chi connectivity index (χ2v) is 4.31. The maximum Gasteiger partial charge on any atom is 0.213 e. The molecule has 2 aromatic rings. The minimum atomic E-state index is -0.486. The van der Waals surface area contributed by atoms with Gasteiger partial charge in [0.15, 0.2) is 0 Å². The Labute approximate surface area is 106 Å². The van der Waals surface area contributed by atoms with Crippen LogP contribution in [0.1, 0.15) is 5.56 Å². The molecule has 0 saturated heterocycles. The minimum Gasteiger partial charge on any atom is -0.228 e. The van der Waals surface area contributed by atoms with Crippen molar-refractivity contribution in [3.63, 3.8) is 0 Å². The van der Waals surface area contributed by atoms with E-state index >= 15 is 0 Å². The molecule has 0 aliphatic heterocycles. The van der Waals surface area contributed by atoms with Gasteiger partial charge in [-0.2, -0.15) is 4.39 Å². The summed E-state index contributed by atoms with van der Waals surface area (Å²) in [5, 5.41) is 1.26. The lowest BCUT2D eigenvalue weighted by molar-refractivity contribution is 0.583. The van der Waals surface area contributed by atoms with Gasteiger partial charge >= 0.3 is 0 Å². The summed E-state index contributed by atoms with van der Waals surface area (Å²) < 4.78 is 13.1. The number of hydrogen-bond donors (Lipinski definition) is 0. The number of pyridine rings is 1. The Morgan fingerprint density at radius 2 is 2.12 bits per heavy atom. The Hall–Kier alpha value is -0.930. The van der Waals surface area contributed by atoms with E-state index in [1.54, 1.807) is 6.07 Å². The molecule has 4 heteroatoms. The molecule has 0 saturated carbocycles. The molecule has 0 N–H and O–H groups in total. The van der Waals surface area contributed by atoms with Gasteiger partial charge in [-0.3, -0.25) is 0 Å². The molecule has 0 spiro atoms. The second kappa shape index (κ2) is 4.93. The molecule has 1 aromatic carbocycles. The molecule has 0 atom stereocenters. The van der Waals surface area contributed by atoms with Crippen molar-refractivity contribution >= 4 is 27.5 Å². The zero-order valence-corrected chi connectivity index (χ0v) is 10.6.